The van der Waals surface area contributed by atoms with Gasteiger partial charge in [0.2, 0.25) is 0 Å². The van der Waals surface area contributed by atoms with Crippen LogP contribution in [0.5, 0.6) is 0 Å². The van der Waals surface area contributed by atoms with Crippen LogP contribution in [0.1, 0.15) is 12.0 Å². The fourth-order valence-electron chi connectivity index (χ4n) is 1.45. The van der Waals surface area contributed by atoms with Crippen LogP contribution in [0.15, 0.2) is 42.5 Å². The summed E-state index contributed by atoms with van der Waals surface area (Å²) in [7, 11) is 0. The van der Waals surface area contributed by atoms with E-state index in [0.29, 0.717) is 6.42 Å². The van der Waals surface area contributed by atoms with Crippen LogP contribution >= 0.6 is 0 Å². The van der Waals surface area contributed by atoms with Gasteiger partial charge in [-0.3, -0.25) is 0 Å². The fourth-order valence-corrected chi connectivity index (χ4v) is 1.45. The van der Waals surface area contributed by atoms with Crippen LogP contribution in [0.25, 0.3) is 6.08 Å². The predicted octanol–water partition coefficient (Wildman–Crippen LogP) is 2.71. The number of halogens is 1. The zero-order valence-corrected chi connectivity index (χ0v) is 8.60. The van der Waals surface area contributed by atoms with Crippen LogP contribution in [-0.2, 0) is 9.53 Å². The molecule has 1 aliphatic heterocycles. The summed E-state index contributed by atoms with van der Waals surface area (Å²) in [5.74, 6) is -0.579. The van der Waals surface area contributed by atoms with Crippen LogP contribution in [-0.4, -0.2) is 12.1 Å². The molecule has 1 aromatic carbocycles. The molecule has 16 heavy (non-hydrogen) atoms. The molecule has 82 valence electrons. The minimum atomic E-state index is -0.319. The van der Waals surface area contributed by atoms with Gasteiger partial charge in [0.05, 0.1) is 0 Å². The van der Waals surface area contributed by atoms with Crippen molar-refractivity contribution in [1.29, 1.82) is 0 Å². The van der Waals surface area contributed by atoms with Gasteiger partial charge in [-0.25, -0.2) is 9.18 Å². The average molecular weight is 218 g/mol. The second-order valence-corrected chi connectivity index (χ2v) is 3.52. The molecule has 0 aromatic heterocycles. The van der Waals surface area contributed by atoms with Gasteiger partial charge in [0.15, 0.2) is 0 Å². The smallest absolute Gasteiger partial charge is 0.331 e. The molecule has 2 nitrogen and oxygen atoms in total. The van der Waals surface area contributed by atoms with Crippen molar-refractivity contribution < 1.29 is 13.9 Å². The Kier molecular flexibility index (Phi) is 3.15. The monoisotopic (exact) mass is 218 g/mol. The quantitative estimate of drug-likeness (QED) is 0.713. The summed E-state index contributed by atoms with van der Waals surface area (Å²) in [5, 5.41) is 0. The lowest BCUT2D eigenvalue weighted by molar-refractivity contribution is -0.141. The van der Waals surface area contributed by atoms with E-state index in [4.69, 9.17) is 4.74 Å². The first-order valence-corrected chi connectivity index (χ1v) is 5.05. The molecule has 1 aliphatic rings. The van der Waals surface area contributed by atoms with E-state index in [1.54, 1.807) is 24.3 Å². The van der Waals surface area contributed by atoms with Gasteiger partial charge in [0.25, 0.3) is 0 Å². The van der Waals surface area contributed by atoms with Gasteiger partial charge in [-0.2, -0.15) is 0 Å². The van der Waals surface area contributed by atoms with Crippen molar-refractivity contribution in [3.05, 3.63) is 53.9 Å². The Balaban J connectivity index is 2.01. The highest BCUT2D eigenvalue weighted by Crippen LogP contribution is 2.11. The van der Waals surface area contributed by atoms with Crippen molar-refractivity contribution in [3.63, 3.8) is 0 Å². The first kappa shape index (κ1) is 10.6. The third kappa shape index (κ3) is 2.79. The van der Waals surface area contributed by atoms with Crippen molar-refractivity contribution in [2.75, 3.05) is 0 Å². The molecule has 0 amide bonds. The molecule has 0 radical (unpaired) electrons. The molecule has 0 spiro atoms. The topological polar surface area (TPSA) is 26.3 Å². The Morgan fingerprint density at radius 1 is 1.31 bits per heavy atom. The molecule has 0 saturated heterocycles. The number of carbonyl (C=O) groups excluding carboxylic acids is 1. The van der Waals surface area contributed by atoms with Gasteiger partial charge in [0, 0.05) is 12.5 Å². The number of esters is 1. The molecular weight excluding hydrogens is 207 g/mol. The molecule has 0 aliphatic carbocycles. The summed E-state index contributed by atoms with van der Waals surface area (Å²) >= 11 is 0. The second kappa shape index (κ2) is 4.75. The van der Waals surface area contributed by atoms with E-state index < -0.39 is 0 Å². The lowest BCUT2D eigenvalue weighted by Crippen LogP contribution is -2.17. The lowest BCUT2D eigenvalue weighted by Gasteiger charge is -2.14. The van der Waals surface area contributed by atoms with Crippen LogP contribution in [0, 0.1) is 5.82 Å². The number of hydrogen-bond donors (Lipinski definition) is 0. The zero-order valence-electron chi connectivity index (χ0n) is 8.60. The molecule has 2 rings (SSSR count). The van der Waals surface area contributed by atoms with E-state index >= 15 is 0 Å². The molecule has 1 heterocycles. The first-order chi connectivity index (χ1) is 7.74. The normalized spacial score (nSPS) is 20.1. The van der Waals surface area contributed by atoms with Crippen LogP contribution < -0.4 is 0 Å². The summed E-state index contributed by atoms with van der Waals surface area (Å²) in [6.07, 6.45) is 7.28. The molecule has 1 atom stereocenters. The first-order valence-electron chi connectivity index (χ1n) is 5.05. The number of benzene rings is 1. The van der Waals surface area contributed by atoms with E-state index in [1.807, 2.05) is 6.08 Å². The highest BCUT2D eigenvalue weighted by Gasteiger charge is 2.11. The maximum absolute atomic E-state index is 12.6. The standard InChI is InChI=1S/C13H11FO2/c14-11-7-4-10(5-8-11)6-9-12-2-1-3-13(15)16-12/h1,3-9,12H,2H2/b9-6+/t12-/m0/s1. The van der Waals surface area contributed by atoms with E-state index in [9.17, 15) is 9.18 Å². The largest absolute Gasteiger partial charge is 0.455 e. The summed E-state index contributed by atoms with van der Waals surface area (Å²) in [6.45, 7) is 0. The fraction of sp³-hybridized carbons (Fsp3) is 0.154. The van der Waals surface area contributed by atoms with E-state index in [0.717, 1.165) is 5.56 Å². The maximum Gasteiger partial charge on any atom is 0.331 e. The minimum absolute atomic E-state index is 0.220. The highest BCUT2D eigenvalue weighted by molar-refractivity contribution is 5.83. The van der Waals surface area contributed by atoms with Gasteiger partial charge in [-0.15, -0.1) is 0 Å². The Morgan fingerprint density at radius 2 is 2.06 bits per heavy atom. The minimum Gasteiger partial charge on any atom is -0.455 e. The van der Waals surface area contributed by atoms with E-state index in [2.05, 4.69) is 0 Å². The number of ether oxygens (including phenoxy) is 1. The average Bonchev–Trinajstić information content (AvgIpc) is 2.28. The number of carbonyl (C=O) groups is 1. The summed E-state index contributed by atoms with van der Waals surface area (Å²) in [4.78, 5) is 10.9. The van der Waals surface area contributed by atoms with Gasteiger partial charge in [0.1, 0.15) is 11.9 Å². The summed E-state index contributed by atoms with van der Waals surface area (Å²) in [5.41, 5.74) is 0.881. The van der Waals surface area contributed by atoms with E-state index in [-0.39, 0.29) is 17.9 Å². The summed E-state index contributed by atoms with van der Waals surface area (Å²) < 4.78 is 17.7. The Morgan fingerprint density at radius 3 is 2.75 bits per heavy atom. The molecule has 0 fully saturated rings. The Labute approximate surface area is 93.0 Å². The molecule has 1 aromatic rings. The molecule has 3 heteroatoms. The van der Waals surface area contributed by atoms with Gasteiger partial charge < -0.3 is 4.74 Å². The second-order valence-electron chi connectivity index (χ2n) is 3.52. The molecule has 0 saturated carbocycles. The third-order valence-electron chi connectivity index (χ3n) is 2.26. The van der Waals surface area contributed by atoms with Crippen LogP contribution in [0.4, 0.5) is 4.39 Å². The highest BCUT2D eigenvalue weighted by atomic mass is 19.1. The summed E-state index contributed by atoms with van der Waals surface area (Å²) in [6, 6.07) is 6.14. The van der Waals surface area contributed by atoms with Crippen molar-refractivity contribution in [1.82, 2.24) is 0 Å². The predicted molar refractivity (Wildman–Crippen MR) is 59.1 cm³/mol. The van der Waals surface area contributed by atoms with Crippen molar-refractivity contribution in [2.24, 2.45) is 0 Å². The SMILES string of the molecule is O=C1C=CC[C@@H](/C=C/c2ccc(F)cc2)O1. The van der Waals surface area contributed by atoms with E-state index in [1.165, 1.54) is 18.2 Å². The Hall–Kier alpha value is -1.90. The molecule has 0 unspecified atom stereocenters. The van der Waals surface area contributed by atoms with Gasteiger partial charge in [-0.05, 0) is 23.8 Å². The number of rotatable bonds is 2. The third-order valence-corrected chi connectivity index (χ3v) is 2.26. The number of hydrogen-bond acceptors (Lipinski definition) is 2. The zero-order chi connectivity index (χ0) is 11.4. The molecular formula is C13H11FO2. The Bertz CT molecular complexity index is 432. The van der Waals surface area contributed by atoms with Gasteiger partial charge in [-0.1, -0.05) is 24.3 Å². The van der Waals surface area contributed by atoms with Crippen molar-refractivity contribution >= 4 is 12.0 Å². The van der Waals surface area contributed by atoms with Crippen LogP contribution in [0.3, 0.4) is 0 Å². The number of cyclic esters (lactones) is 1. The molecule has 0 bridgehead atoms. The maximum atomic E-state index is 12.6. The van der Waals surface area contributed by atoms with Crippen molar-refractivity contribution in [2.45, 2.75) is 12.5 Å². The van der Waals surface area contributed by atoms with Gasteiger partial charge >= 0.3 is 5.97 Å². The van der Waals surface area contributed by atoms with Crippen molar-refractivity contribution in [3.8, 4) is 0 Å². The molecule has 0 N–H and O–H groups in total. The lowest BCUT2D eigenvalue weighted by atomic mass is 10.1. The van der Waals surface area contributed by atoms with Crippen LogP contribution in [0.2, 0.25) is 0 Å².